The standard InChI is InChI=1S/C14H18ClNO3/c1-9(2)16-6-11-4-13-14(19-8-18-13)5-12(11)17-7-10(3)15/h4-5,9,16H,3,6-8H2,1-2H3. The van der Waals surface area contributed by atoms with Gasteiger partial charge in [-0.15, -0.1) is 0 Å². The topological polar surface area (TPSA) is 39.7 Å². The van der Waals surface area contributed by atoms with Crippen molar-refractivity contribution in [1.29, 1.82) is 0 Å². The first-order chi connectivity index (χ1) is 9.06. The molecule has 0 atom stereocenters. The Hall–Kier alpha value is -1.39. The van der Waals surface area contributed by atoms with Gasteiger partial charge in [0, 0.05) is 29.2 Å². The molecule has 0 unspecified atom stereocenters. The molecule has 0 amide bonds. The van der Waals surface area contributed by atoms with Gasteiger partial charge in [0.15, 0.2) is 11.5 Å². The van der Waals surface area contributed by atoms with Crippen LogP contribution in [0.5, 0.6) is 17.2 Å². The number of halogens is 1. The third-order valence-electron chi connectivity index (χ3n) is 2.64. The number of rotatable bonds is 6. The van der Waals surface area contributed by atoms with E-state index in [4.69, 9.17) is 25.8 Å². The first-order valence-corrected chi connectivity index (χ1v) is 6.56. The van der Waals surface area contributed by atoms with Gasteiger partial charge in [-0.25, -0.2) is 0 Å². The fourth-order valence-electron chi connectivity index (χ4n) is 1.71. The zero-order valence-electron chi connectivity index (χ0n) is 11.2. The second-order valence-electron chi connectivity index (χ2n) is 4.65. The van der Waals surface area contributed by atoms with Crippen LogP contribution >= 0.6 is 11.6 Å². The lowest BCUT2D eigenvalue weighted by Gasteiger charge is -2.14. The highest BCUT2D eigenvalue weighted by atomic mass is 35.5. The molecule has 1 aliphatic rings. The van der Waals surface area contributed by atoms with Crippen molar-refractivity contribution in [3.63, 3.8) is 0 Å². The smallest absolute Gasteiger partial charge is 0.231 e. The minimum Gasteiger partial charge on any atom is -0.488 e. The average molecular weight is 284 g/mol. The van der Waals surface area contributed by atoms with Gasteiger partial charge in [-0.2, -0.15) is 0 Å². The molecule has 0 bridgehead atoms. The molecule has 0 saturated carbocycles. The summed E-state index contributed by atoms with van der Waals surface area (Å²) >= 11 is 5.73. The van der Waals surface area contributed by atoms with Crippen molar-refractivity contribution in [2.45, 2.75) is 26.4 Å². The Bertz CT molecular complexity index is 474. The third-order valence-corrected chi connectivity index (χ3v) is 2.75. The van der Waals surface area contributed by atoms with Crippen molar-refractivity contribution < 1.29 is 14.2 Å². The zero-order valence-corrected chi connectivity index (χ0v) is 11.9. The predicted octanol–water partition coefficient (Wildman–Crippen LogP) is 3.04. The van der Waals surface area contributed by atoms with E-state index in [0.29, 0.717) is 23.4 Å². The lowest BCUT2D eigenvalue weighted by atomic mass is 10.1. The highest BCUT2D eigenvalue weighted by molar-refractivity contribution is 6.29. The van der Waals surface area contributed by atoms with Gasteiger partial charge in [-0.3, -0.25) is 0 Å². The highest BCUT2D eigenvalue weighted by Crippen LogP contribution is 2.38. The van der Waals surface area contributed by atoms with Crippen molar-refractivity contribution in [3.05, 3.63) is 29.3 Å². The Kier molecular flexibility index (Phi) is 4.56. The molecule has 0 fully saturated rings. The Morgan fingerprint density at radius 1 is 1.42 bits per heavy atom. The van der Waals surface area contributed by atoms with Crippen molar-refractivity contribution >= 4 is 11.6 Å². The van der Waals surface area contributed by atoms with Crippen LogP contribution in [0.3, 0.4) is 0 Å². The van der Waals surface area contributed by atoms with Crippen molar-refractivity contribution in [2.24, 2.45) is 0 Å². The maximum absolute atomic E-state index is 5.73. The van der Waals surface area contributed by atoms with Crippen LogP contribution < -0.4 is 19.5 Å². The molecular formula is C14H18ClNO3. The van der Waals surface area contributed by atoms with Crippen LogP contribution in [0.15, 0.2) is 23.7 Å². The number of hydrogen-bond acceptors (Lipinski definition) is 4. The van der Waals surface area contributed by atoms with Gasteiger partial charge in [-0.1, -0.05) is 32.0 Å². The van der Waals surface area contributed by atoms with E-state index >= 15 is 0 Å². The largest absolute Gasteiger partial charge is 0.488 e. The molecule has 0 radical (unpaired) electrons. The number of benzene rings is 1. The summed E-state index contributed by atoms with van der Waals surface area (Å²) in [5.74, 6) is 2.18. The van der Waals surface area contributed by atoms with E-state index in [9.17, 15) is 0 Å². The summed E-state index contributed by atoms with van der Waals surface area (Å²) in [4.78, 5) is 0. The van der Waals surface area contributed by atoms with Gasteiger partial charge < -0.3 is 19.5 Å². The van der Waals surface area contributed by atoms with E-state index in [1.54, 1.807) is 0 Å². The maximum atomic E-state index is 5.73. The fourth-order valence-corrected chi connectivity index (χ4v) is 1.76. The molecule has 4 nitrogen and oxygen atoms in total. The number of nitrogens with one attached hydrogen (secondary N) is 1. The van der Waals surface area contributed by atoms with E-state index < -0.39 is 0 Å². The summed E-state index contributed by atoms with van der Waals surface area (Å²) in [6, 6.07) is 4.16. The molecule has 19 heavy (non-hydrogen) atoms. The summed E-state index contributed by atoms with van der Waals surface area (Å²) < 4.78 is 16.4. The van der Waals surface area contributed by atoms with Gasteiger partial charge in [0.25, 0.3) is 0 Å². The molecule has 0 spiro atoms. The third kappa shape index (κ3) is 3.78. The minimum atomic E-state index is 0.248. The van der Waals surface area contributed by atoms with Gasteiger partial charge >= 0.3 is 0 Å². The number of fused-ring (bicyclic) bond motifs is 1. The summed E-state index contributed by atoms with van der Waals surface area (Å²) in [6.45, 7) is 9.01. The Morgan fingerprint density at radius 3 is 2.74 bits per heavy atom. The van der Waals surface area contributed by atoms with E-state index in [1.807, 2.05) is 12.1 Å². The molecule has 1 heterocycles. The van der Waals surface area contributed by atoms with Crippen LogP contribution in [0.2, 0.25) is 0 Å². The molecule has 1 N–H and O–H groups in total. The number of ether oxygens (including phenoxy) is 3. The molecule has 0 aromatic heterocycles. The van der Waals surface area contributed by atoms with Crippen LogP contribution in [-0.2, 0) is 6.54 Å². The second kappa shape index (κ2) is 6.17. The molecule has 5 heteroatoms. The fraction of sp³-hybridized carbons (Fsp3) is 0.429. The Labute approximate surface area is 118 Å². The SMILES string of the molecule is C=C(Cl)COc1cc2c(cc1CNC(C)C)OCO2. The monoisotopic (exact) mass is 283 g/mol. The van der Waals surface area contributed by atoms with Gasteiger partial charge in [-0.05, 0) is 6.07 Å². The van der Waals surface area contributed by atoms with Crippen molar-refractivity contribution in [2.75, 3.05) is 13.4 Å². The van der Waals surface area contributed by atoms with E-state index in [1.165, 1.54) is 0 Å². The molecule has 2 rings (SSSR count). The van der Waals surface area contributed by atoms with Crippen LogP contribution in [0.1, 0.15) is 19.4 Å². The lowest BCUT2D eigenvalue weighted by Crippen LogP contribution is -2.22. The predicted molar refractivity (Wildman–Crippen MR) is 75.0 cm³/mol. The van der Waals surface area contributed by atoms with Gasteiger partial charge in [0.1, 0.15) is 12.4 Å². The zero-order chi connectivity index (χ0) is 13.8. The summed E-state index contributed by atoms with van der Waals surface area (Å²) in [5.41, 5.74) is 1.01. The minimum absolute atomic E-state index is 0.248. The molecule has 104 valence electrons. The molecular weight excluding hydrogens is 266 g/mol. The highest BCUT2D eigenvalue weighted by Gasteiger charge is 2.18. The number of hydrogen-bond donors (Lipinski definition) is 1. The molecule has 1 aromatic carbocycles. The Balaban J connectivity index is 2.19. The molecule has 1 aromatic rings. The summed E-state index contributed by atoms with van der Waals surface area (Å²) in [6.07, 6.45) is 0. The Morgan fingerprint density at radius 2 is 2.11 bits per heavy atom. The van der Waals surface area contributed by atoms with E-state index in [-0.39, 0.29) is 13.4 Å². The van der Waals surface area contributed by atoms with Crippen molar-refractivity contribution in [3.8, 4) is 17.2 Å². The van der Waals surface area contributed by atoms with E-state index in [0.717, 1.165) is 17.1 Å². The van der Waals surface area contributed by atoms with Crippen LogP contribution in [0, 0.1) is 0 Å². The van der Waals surface area contributed by atoms with Gasteiger partial charge in [0.05, 0.1) is 0 Å². The molecule has 1 aliphatic heterocycles. The molecule has 0 saturated heterocycles. The van der Waals surface area contributed by atoms with Gasteiger partial charge in [0.2, 0.25) is 6.79 Å². The average Bonchev–Trinajstić information content (AvgIpc) is 2.79. The normalized spacial score (nSPS) is 12.8. The van der Waals surface area contributed by atoms with Crippen molar-refractivity contribution in [1.82, 2.24) is 5.32 Å². The van der Waals surface area contributed by atoms with Crippen LogP contribution in [0.25, 0.3) is 0 Å². The summed E-state index contributed by atoms with van der Waals surface area (Å²) in [5, 5.41) is 3.81. The van der Waals surface area contributed by atoms with Crippen LogP contribution in [0.4, 0.5) is 0 Å². The quantitative estimate of drug-likeness (QED) is 0.871. The summed E-state index contributed by atoms with van der Waals surface area (Å²) in [7, 11) is 0. The first-order valence-electron chi connectivity index (χ1n) is 6.18. The lowest BCUT2D eigenvalue weighted by molar-refractivity contribution is 0.174. The first kappa shape index (κ1) is 14.0. The maximum Gasteiger partial charge on any atom is 0.231 e. The van der Waals surface area contributed by atoms with Crippen LogP contribution in [-0.4, -0.2) is 19.4 Å². The molecule has 0 aliphatic carbocycles. The van der Waals surface area contributed by atoms with E-state index in [2.05, 4.69) is 25.7 Å². The second-order valence-corrected chi connectivity index (χ2v) is 5.19.